The van der Waals surface area contributed by atoms with Gasteiger partial charge < -0.3 is 5.73 Å². The Labute approximate surface area is 60.1 Å². The van der Waals surface area contributed by atoms with Crippen molar-refractivity contribution in [1.29, 1.82) is 0 Å². The zero-order valence-corrected chi connectivity index (χ0v) is 5.49. The summed E-state index contributed by atoms with van der Waals surface area (Å²) in [5, 5.41) is 0. The summed E-state index contributed by atoms with van der Waals surface area (Å²) in [7, 11) is 0. The van der Waals surface area contributed by atoms with E-state index in [9.17, 15) is 0 Å². The van der Waals surface area contributed by atoms with E-state index in [1.807, 2.05) is 12.1 Å². The fourth-order valence-corrected chi connectivity index (χ4v) is 0.656. The van der Waals surface area contributed by atoms with Crippen molar-refractivity contribution in [2.24, 2.45) is 5.73 Å². The van der Waals surface area contributed by atoms with Crippen LogP contribution < -0.4 is 5.73 Å². The molecule has 0 aliphatic carbocycles. The van der Waals surface area contributed by atoms with Crippen LogP contribution in [0, 0.1) is 12.3 Å². The van der Waals surface area contributed by atoms with Crippen LogP contribution in [0.4, 0.5) is 0 Å². The Morgan fingerprint density at radius 2 is 2.50 bits per heavy atom. The van der Waals surface area contributed by atoms with Crippen LogP contribution in [0.3, 0.4) is 0 Å². The molecule has 1 atom stereocenters. The molecule has 0 aromatic carbocycles. The van der Waals surface area contributed by atoms with E-state index >= 15 is 0 Å². The second-order valence-corrected chi connectivity index (χ2v) is 1.93. The molecule has 50 valence electrons. The Balaban J connectivity index is 2.88. The van der Waals surface area contributed by atoms with Crippen LogP contribution in [0.2, 0.25) is 0 Å². The van der Waals surface area contributed by atoms with Gasteiger partial charge in [0.15, 0.2) is 0 Å². The van der Waals surface area contributed by atoms with E-state index < -0.39 is 0 Å². The predicted molar refractivity (Wildman–Crippen MR) is 40.0 cm³/mol. The third-order valence-electron chi connectivity index (χ3n) is 1.22. The molecule has 10 heavy (non-hydrogen) atoms. The third-order valence-corrected chi connectivity index (χ3v) is 1.22. The van der Waals surface area contributed by atoms with Gasteiger partial charge in [-0.1, -0.05) is 12.0 Å². The summed E-state index contributed by atoms with van der Waals surface area (Å²) in [6.45, 7) is 0. The van der Waals surface area contributed by atoms with Gasteiger partial charge in [-0.05, 0) is 11.6 Å². The van der Waals surface area contributed by atoms with Gasteiger partial charge in [-0.3, -0.25) is 4.98 Å². The molecule has 1 heterocycles. The quantitative estimate of drug-likeness (QED) is 0.572. The number of hydrogen-bond acceptors (Lipinski definition) is 2. The Hall–Kier alpha value is -1.33. The molecule has 1 rings (SSSR count). The van der Waals surface area contributed by atoms with Crippen LogP contribution in [-0.2, 0) is 0 Å². The molecule has 0 radical (unpaired) electrons. The molecule has 0 aliphatic rings. The lowest BCUT2D eigenvalue weighted by atomic mass is 10.1. The lowest BCUT2D eigenvalue weighted by Gasteiger charge is -2.00. The molecule has 0 saturated heterocycles. The Morgan fingerprint density at radius 3 is 3.00 bits per heavy atom. The molecule has 2 heteroatoms. The van der Waals surface area contributed by atoms with Crippen LogP contribution in [0.25, 0.3) is 0 Å². The monoisotopic (exact) mass is 132 g/mol. The highest BCUT2D eigenvalue weighted by Crippen LogP contribution is 2.04. The van der Waals surface area contributed by atoms with Crippen LogP contribution in [0.1, 0.15) is 11.6 Å². The molecule has 0 saturated carbocycles. The summed E-state index contributed by atoms with van der Waals surface area (Å²) in [6.07, 6.45) is 8.46. The minimum absolute atomic E-state index is 0.325. The maximum atomic E-state index is 5.52. The first kappa shape index (κ1) is 6.79. The zero-order valence-electron chi connectivity index (χ0n) is 5.49. The molecule has 0 fully saturated rings. The molecule has 2 N–H and O–H groups in total. The van der Waals surface area contributed by atoms with E-state index in [0.717, 1.165) is 5.56 Å². The molecule has 1 aromatic heterocycles. The van der Waals surface area contributed by atoms with Crippen molar-refractivity contribution in [1.82, 2.24) is 4.98 Å². The highest BCUT2D eigenvalue weighted by Gasteiger charge is 1.98. The van der Waals surface area contributed by atoms with Gasteiger partial charge >= 0.3 is 0 Å². The standard InChI is InChI=1S/C8H8N2/c1-2-8(9)7-4-3-5-10-6-7/h1,3-6,8H,9H2/t8-/m0/s1. The van der Waals surface area contributed by atoms with Crippen molar-refractivity contribution < 1.29 is 0 Å². The van der Waals surface area contributed by atoms with Crippen LogP contribution in [0.5, 0.6) is 0 Å². The minimum atomic E-state index is -0.325. The highest BCUT2D eigenvalue weighted by atomic mass is 14.7. The number of aromatic nitrogens is 1. The van der Waals surface area contributed by atoms with Gasteiger partial charge in [0.05, 0.1) is 6.04 Å². The van der Waals surface area contributed by atoms with E-state index in [4.69, 9.17) is 12.2 Å². The normalized spacial score (nSPS) is 12.0. The molecular formula is C8H8N2. The lowest BCUT2D eigenvalue weighted by Crippen LogP contribution is -2.06. The molecule has 0 aliphatic heterocycles. The third kappa shape index (κ3) is 1.34. The van der Waals surface area contributed by atoms with Gasteiger partial charge in [0.1, 0.15) is 0 Å². The van der Waals surface area contributed by atoms with Gasteiger partial charge in [-0.25, -0.2) is 0 Å². The number of nitrogens with two attached hydrogens (primary N) is 1. The predicted octanol–water partition coefficient (Wildman–Crippen LogP) is 0.715. The summed E-state index contributed by atoms with van der Waals surface area (Å²) in [4.78, 5) is 3.88. The van der Waals surface area contributed by atoms with E-state index in [1.165, 1.54) is 0 Å². The smallest absolute Gasteiger partial charge is 0.0933 e. The largest absolute Gasteiger partial charge is 0.314 e. The van der Waals surface area contributed by atoms with Crippen LogP contribution in [0.15, 0.2) is 24.5 Å². The second kappa shape index (κ2) is 3.00. The van der Waals surface area contributed by atoms with Crippen molar-refractivity contribution in [3.8, 4) is 12.3 Å². The molecule has 0 bridgehead atoms. The van der Waals surface area contributed by atoms with Crippen molar-refractivity contribution in [3.05, 3.63) is 30.1 Å². The maximum Gasteiger partial charge on any atom is 0.0933 e. The highest BCUT2D eigenvalue weighted by molar-refractivity contribution is 5.20. The van der Waals surface area contributed by atoms with Gasteiger partial charge in [0.2, 0.25) is 0 Å². The minimum Gasteiger partial charge on any atom is -0.314 e. The summed E-state index contributed by atoms with van der Waals surface area (Å²) < 4.78 is 0. The van der Waals surface area contributed by atoms with Crippen molar-refractivity contribution >= 4 is 0 Å². The van der Waals surface area contributed by atoms with Crippen molar-refractivity contribution in [3.63, 3.8) is 0 Å². The first-order valence-electron chi connectivity index (χ1n) is 2.96. The average Bonchev–Trinajstić information content (AvgIpc) is 2.05. The fraction of sp³-hybridized carbons (Fsp3) is 0.125. The van der Waals surface area contributed by atoms with Crippen LogP contribution in [-0.4, -0.2) is 4.98 Å². The summed E-state index contributed by atoms with van der Waals surface area (Å²) in [5.74, 6) is 2.42. The van der Waals surface area contributed by atoms with Gasteiger partial charge in [-0.15, -0.1) is 6.42 Å². The summed E-state index contributed by atoms with van der Waals surface area (Å²) in [5.41, 5.74) is 6.40. The van der Waals surface area contributed by atoms with Crippen LogP contribution >= 0.6 is 0 Å². The number of nitrogens with zero attached hydrogens (tertiary/aromatic N) is 1. The van der Waals surface area contributed by atoms with Crippen molar-refractivity contribution in [2.75, 3.05) is 0 Å². The van der Waals surface area contributed by atoms with Gasteiger partial charge in [0, 0.05) is 12.4 Å². The molecule has 0 amide bonds. The number of pyridine rings is 1. The van der Waals surface area contributed by atoms with Gasteiger partial charge in [0.25, 0.3) is 0 Å². The zero-order chi connectivity index (χ0) is 7.40. The van der Waals surface area contributed by atoms with E-state index in [1.54, 1.807) is 12.4 Å². The number of hydrogen-bond donors (Lipinski definition) is 1. The van der Waals surface area contributed by atoms with Crippen molar-refractivity contribution in [2.45, 2.75) is 6.04 Å². The molecule has 2 nitrogen and oxygen atoms in total. The Kier molecular flexibility index (Phi) is 2.03. The van der Waals surface area contributed by atoms with E-state index in [0.29, 0.717) is 0 Å². The molecule has 0 unspecified atom stereocenters. The topological polar surface area (TPSA) is 38.9 Å². The fourth-order valence-electron chi connectivity index (χ4n) is 0.656. The summed E-state index contributed by atoms with van der Waals surface area (Å²) >= 11 is 0. The first-order valence-corrected chi connectivity index (χ1v) is 2.96. The van der Waals surface area contributed by atoms with Gasteiger partial charge in [-0.2, -0.15) is 0 Å². The molecule has 0 spiro atoms. The summed E-state index contributed by atoms with van der Waals surface area (Å²) in [6, 6.07) is 3.35. The number of terminal acetylenes is 1. The molecule has 1 aromatic rings. The Morgan fingerprint density at radius 1 is 1.70 bits per heavy atom. The second-order valence-electron chi connectivity index (χ2n) is 1.93. The van der Waals surface area contributed by atoms with E-state index in [-0.39, 0.29) is 6.04 Å². The Bertz CT molecular complexity index is 235. The number of rotatable bonds is 1. The average molecular weight is 132 g/mol. The first-order chi connectivity index (χ1) is 4.84. The molecular weight excluding hydrogens is 124 g/mol. The van der Waals surface area contributed by atoms with E-state index in [2.05, 4.69) is 10.9 Å². The lowest BCUT2D eigenvalue weighted by molar-refractivity contribution is 0.934. The SMILES string of the molecule is C#C[C@H](N)c1cccnc1. The maximum absolute atomic E-state index is 5.52.